The number of likely N-dealkylation sites (tertiary alicyclic amines) is 1. The van der Waals surface area contributed by atoms with E-state index >= 15 is 0 Å². The number of rotatable bonds is 5. The molecular weight excluding hydrogens is 477 g/mol. The number of oxazole rings is 1. The Morgan fingerprint density at radius 1 is 1.52 bits per heavy atom. The van der Waals surface area contributed by atoms with Crippen LogP contribution < -0.4 is 10.6 Å². The molecule has 3 rings (SSSR count). The number of carbonyl (C=O) groups excluding carboxylic acids is 1. The third-order valence-electron chi connectivity index (χ3n) is 4.28. The van der Waals surface area contributed by atoms with Crippen LogP contribution in [-0.2, 0) is 11.3 Å². The van der Waals surface area contributed by atoms with E-state index in [1.165, 1.54) is 0 Å². The topological polar surface area (TPSA) is 82.8 Å². The lowest BCUT2D eigenvalue weighted by atomic mass is 10.2. The van der Waals surface area contributed by atoms with E-state index in [2.05, 4.69) is 20.6 Å². The highest BCUT2D eigenvalue weighted by atomic mass is 127. The standard InChI is InChI=1S/C18H25N5O2S.HI/c1-12(2)17(24)23-7-6-13(10-23)22-18(19-3)20-9-14-11-25-16(21-14)15-5-4-8-26-15;/h4-5,8,11-13H,6-7,9-10H2,1-3H3,(H2,19,20,22);1H. The van der Waals surface area contributed by atoms with Crippen molar-refractivity contribution in [2.45, 2.75) is 32.9 Å². The molecule has 1 atom stereocenters. The second kappa shape index (κ2) is 10.1. The van der Waals surface area contributed by atoms with E-state index in [4.69, 9.17) is 4.42 Å². The lowest BCUT2D eigenvalue weighted by molar-refractivity contribution is -0.133. The fourth-order valence-corrected chi connectivity index (χ4v) is 3.56. The number of nitrogens with one attached hydrogen (secondary N) is 2. The van der Waals surface area contributed by atoms with Gasteiger partial charge in [-0.3, -0.25) is 9.79 Å². The van der Waals surface area contributed by atoms with Crippen molar-refractivity contribution in [3.05, 3.63) is 29.5 Å². The van der Waals surface area contributed by atoms with Gasteiger partial charge >= 0.3 is 0 Å². The van der Waals surface area contributed by atoms with E-state index in [0.717, 1.165) is 23.5 Å². The Hall–Kier alpha value is -1.62. The highest BCUT2D eigenvalue weighted by molar-refractivity contribution is 14.0. The molecule has 2 N–H and O–H groups in total. The van der Waals surface area contributed by atoms with Gasteiger partial charge in [-0.2, -0.15) is 0 Å². The maximum atomic E-state index is 12.1. The highest BCUT2D eigenvalue weighted by Gasteiger charge is 2.27. The van der Waals surface area contributed by atoms with E-state index in [9.17, 15) is 4.79 Å². The van der Waals surface area contributed by atoms with Gasteiger partial charge in [0.2, 0.25) is 11.8 Å². The third-order valence-corrected chi connectivity index (χ3v) is 5.14. The van der Waals surface area contributed by atoms with Crippen molar-refractivity contribution >= 4 is 47.2 Å². The molecule has 0 bridgehead atoms. The molecule has 1 aliphatic rings. The molecule has 1 aliphatic heterocycles. The number of aliphatic imine (C=N–C) groups is 1. The first-order valence-corrected chi connectivity index (χ1v) is 9.69. The summed E-state index contributed by atoms with van der Waals surface area (Å²) in [4.78, 5) is 23.8. The Balaban J connectivity index is 0.00000261. The molecule has 0 aromatic carbocycles. The van der Waals surface area contributed by atoms with Gasteiger partial charge in [-0.05, 0) is 17.9 Å². The molecule has 1 amide bonds. The Labute approximate surface area is 180 Å². The van der Waals surface area contributed by atoms with Gasteiger partial charge in [0.25, 0.3) is 0 Å². The number of thiophene rings is 1. The van der Waals surface area contributed by atoms with Crippen LogP contribution in [0.4, 0.5) is 0 Å². The summed E-state index contributed by atoms with van der Waals surface area (Å²) in [5.41, 5.74) is 0.819. The Bertz CT molecular complexity index is 760. The largest absolute Gasteiger partial charge is 0.443 e. The van der Waals surface area contributed by atoms with Gasteiger partial charge in [0.05, 0.1) is 17.1 Å². The fraction of sp³-hybridized carbons (Fsp3) is 0.500. The Kier molecular flexibility index (Phi) is 8.08. The first-order valence-electron chi connectivity index (χ1n) is 8.81. The molecule has 1 fully saturated rings. The van der Waals surface area contributed by atoms with Crippen LogP contribution in [0.15, 0.2) is 33.2 Å². The molecule has 1 saturated heterocycles. The van der Waals surface area contributed by atoms with Gasteiger partial charge in [-0.1, -0.05) is 19.9 Å². The number of aromatic nitrogens is 1. The molecule has 2 aromatic rings. The van der Waals surface area contributed by atoms with Crippen LogP contribution in [0.1, 0.15) is 26.0 Å². The molecule has 0 spiro atoms. The van der Waals surface area contributed by atoms with Crippen LogP contribution in [0.5, 0.6) is 0 Å². The maximum absolute atomic E-state index is 12.1. The number of carbonyl (C=O) groups is 1. The zero-order valence-corrected chi connectivity index (χ0v) is 18.9. The smallest absolute Gasteiger partial charge is 0.236 e. The summed E-state index contributed by atoms with van der Waals surface area (Å²) in [5, 5.41) is 8.64. The molecule has 27 heavy (non-hydrogen) atoms. The second-order valence-electron chi connectivity index (χ2n) is 6.62. The summed E-state index contributed by atoms with van der Waals surface area (Å²) in [6.45, 7) is 5.90. The summed E-state index contributed by atoms with van der Waals surface area (Å²) >= 11 is 1.60. The fourth-order valence-electron chi connectivity index (χ4n) is 2.91. The number of halogens is 1. The highest BCUT2D eigenvalue weighted by Crippen LogP contribution is 2.23. The minimum Gasteiger partial charge on any atom is -0.443 e. The van der Waals surface area contributed by atoms with Crippen LogP contribution in [0, 0.1) is 5.92 Å². The van der Waals surface area contributed by atoms with Crippen molar-refractivity contribution in [2.24, 2.45) is 10.9 Å². The molecule has 0 saturated carbocycles. The van der Waals surface area contributed by atoms with Gasteiger partial charge < -0.3 is 20.0 Å². The van der Waals surface area contributed by atoms with Crippen LogP contribution >= 0.6 is 35.3 Å². The quantitative estimate of drug-likeness (QED) is 0.373. The Morgan fingerprint density at radius 2 is 2.33 bits per heavy atom. The second-order valence-corrected chi connectivity index (χ2v) is 7.56. The van der Waals surface area contributed by atoms with Crippen LogP contribution in [-0.4, -0.2) is 47.9 Å². The normalized spacial score (nSPS) is 17.1. The summed E-state index contributed by atoms with van der Waals surface area (Å²) in [7, 11) is 1.74. The molecular formula is C18H26IN5O2S. The number of hydrogen-bond donors (Lipinski definition) is 2. The van der Waals surface area contributed by atoms with Gasteiger partial charge in [-0.15, -0.1) is 35.3 Å². The van der Waals surface area contributed by atoms with E-state index in [0.29, 0.717) is 24.9 Å². The van der Waals surface area contributed by atoms with Crippen molar-refractivity contribution < 1.29 is 9.21 Å². The van der Waals surface area contributed by atoms with Gasteiger partial charge in [-0.25, -0.2) is 4.98 Å². The maximum Gasteiger partial charge on any atom is 0.236 e. The van der Waals surface area contributed by atoms with Crippen LogP contribution in [0.2, 0.25) is 0 Å². The van der Waals surface area contributed by atoms with Crippen LogP contribution in [0.25, 0.3) is 10.8 Å². The first kappa shape index (κ1) is 21.7. The number of amides is 1. The summed E-state index contributed by atoms with van der Waals surface area (Å²) in [6, 6.07) is 4.17. The average Bonchev–Trinajstić information content (AvgIpc) is 3.38. The van der Waals surface area contributed by atoms with Crippen molar-refractivity contribution in [3.8, 4) is 10.8 Å². The van der Waals surface area contributed by atoms with E-state index in [-0.39, 0.29) is 41.8 Å². The number of guanidine groups is 1. The molecule has 2 aromatic heterocycles. The van der Waals surface area contributed by atoms with Crippen molar-refractivity contribution in [2.75, 3.05) is 20.1 Å². The predicted molar refractivity (Wildman–Crippen MR) is 118 cm³/mol. The summed E-state index contributed by atoms with van der Waals surface area (Å²) in [6.07, 6.45) is 2.58. The molecule has 9 heteroatoms. The Morgan fingerprint density at radius 3 is 3.00 bits per heavy atom. The van der Waals surface area contributed by atoms with Crippen LogP contribution in [0.3, 0.4) is 0 Å². The van der Waals surface area contributed by atoms with E-state index in [1.807, 2.05) is 36.3 Å². The van der Waals surface area contributed by atoms with Gasteiger partial charge in [0.15, 0.2) is 5.96 Å². The average molecular weight is 503 g/mol. The molecule has 148 valence electrons. The van der Waals surface area contributed by atoms with Crippen molar-refractivity contribution in [3.63, 3.8) is 0 Å². The summed E-state index contributed by atoms with van der Waals surface area (Å²) in [5.74, 6) is 1.59. The van der Waals surface area contributed by atoms with E-state index < -0.39 is 0 Å². The number of hydrogen-bond acceptors (Lipinski definition) is 5. The minimum atomic E-state index is 0. The van der Waals surface area contributed by atoms with Crippen molar-refractivity contribution in [1.29, 1.82) is 0 Å². The molecule has 1 unspecified atom stereocenters. The van der Waals surface area contributed by atoms with E-state index in [1.54, 1.807) is 24.6 Å². The lowest BCUT2D eigenvalue weighted by Crippen LogP contribution is -2.45. The number of nitrogens with zero attached hydrogens (tertiary/aromatic N) is 3. The minimum absolute atomic E-state index is 0. The first-order chi connectivity index (χ1) is 12.6. The summed E-state index contributed by atoms with van der Waals surface area (Å²) < 4.78 is 5.53. The SMILES string of the molecule is CN=C(NCc1coc(-c2cccs2)n1)NC1CCN(C(=O)C(C)C)C1.I. The molecule has 0 aliphatic carbocycles. The molecule has 7 nitrogen and oxygen atoms in total. The molecule has 0 radical (unpaired) electrons. The lowest BCUT2D eigenvalue weighted by Gasteiger charge is -2.20. The van der Waals surface area contributed by atoms with Crippen molar-refractivity contribution in [1.82, 2.24) is 20.5 Å². The monoisotopic (exact) mass is 503 g/mol. The zero-order valence-electron chi connectivity index (χ0n) is 15.8. The zero-order chi connectivity index (χ0) is 18.5. The predicted octanol–water partition coefficient (Wildman–Crippen LogP) is 2.94. The van der Waals surface area contributed by atoms with Gasteiger partial charge in [0.1, 0.15) is 6.26 Å². The third kappa shape index (κ3) is 5.68. The van der Waals surface area contributed by atoms with Gasteiger partial charge in [0, 0.05) is 32.1 Å². The molecule has 3 heterocycles.